The second-order valence-electron chi connectivity index (χ2n) is 5.92. The maximum Gasteiger partial charge on any atom is 0.00922 e. The molecule has 0 aliphatic rings. The molecule has 2 aromatic carbocycles. The highest BCUT2D eigenvalue weighted by atomic mass is 14.2. The summed E-state index contributed by atoms with van der Waals surface area (Å²) in [5, 5.41) is 0. The van der Waals surface area contributed by atoms with Crippen LogP contribution in [0.3, 0.4) is 0 Å². The number of hydrogen-bond acceptors (Lipinski definition) is 0. The Bertz CT molecular complexity index is 485. The first-order valence-corrected chi connectivity index (χ1v) is 8.66. The SMILES string of the molecule is CCCCC/C=C/CCC(c1ccccc1)c1ccccc1. The number of rotatable bonds is 9. The van der Waals surface area contributed by atoms with Gasteiger partial charge in [0.05, 0.1) is 0 Å². The van der Waals surface area contributed by atoms with Crippen molar-refractivity contribution in [2.75, 3.05) is 0 Å². The molecule has 0 unspecified atom stereocenters. The van der Waals surface area contributed by atoms with Crippen LogP contribution in [0.4, 0.5) is 0 Å². The fourth-order valence-electron chi connectivity index (χ4n) is 2.91. The number of hydrogen-bond donors (Lipinski definition) is 0. The zero-order chi connectivity index (χ0) is 15.5. The fourth-order valence-corrected chi connectivity index (χ4v) is 2.91. The molecule has 0 N–H and O–H groups in total. The Hall–Kier alpha value is -1.82. The predicted octanol–water partition coefficient (Wildman–Crippen LogP) is 6.74. The van der Waals surface area contributed by atoms with E-state index in [1.54, 1.807) is 0 Å². The topological polar surface area (TPSA) is 0 Å². The lowest BCUT2D eigenvalue weighted by Gasteiger charge is -2.17. The summed E-state index contributed by atoms with van der Waals surface area (Å²) < 4.78 is 0. The zero-order valence-corrected chi connectivity index (χ0v) is 13.7. The molecule has 0 heteroatoms. The lowest BCUT2D eigenvalue weighted by Crippen LogP contribution is -2.00. The largest absolute Gasteiger partial charge is 0.0885 e. The molecule has 0 atom stereocenters. The molecule has 2 rings (SSSR count). The van der Waals surface area contributed by atoms with Crippen molar-refractivity contribution in [3.63, 3.8) is 0 Å². The standard InChI is InChI=1S/C22H28/c1-2-3-4-5-6-7-14-19-22(20-15-10-8-11-16-20)21-17-12-9-13-18-21/h6-13,15-18,22H,2-5,14,19H2,1H3/b7-6+. The summed E-state index contributed by atoms with van der Waals surface area (Å²) in [5.41, 5.74) is 2.85. The summed E-state index contributed by atoms with van der Waals surface area (Å²) in [4.78, 5) is 0. The molecule has 0 radical (unpaired) electrons. The lowest BCUT2D eigenvalue weighted by atomic mass is 9.87. The third kappa shape index (κ3) is 5.52. The van der Waals surface area contributed by atoms with Gasteiger partial charge in [0.25, 0.3) is 0 Å². The van der Waals surface area contributed by atoms with Crippen LogP contribution >= 0.6 is 0 Å². The van der Waals surface area contributed by atoms with Crippen molar-refractivity contribution < 1.29 is 0 Å². The quantitative estimate of drug-likeness (QED) is 0.355. The molecule has 0 saturated heterocycles. The van der Waals surface area contributed by atoms with Gasteiger partial charge in [-0.05, 0) is 36.8 Å². The molecular weight excluding hydrogens is 264 g/mol. The van der Waals surface area contributed by atoms with Crippen LogP contribution in [0.1, 0.15) is 62.5 Å². The molecule has 0 aromatic heterocycles. The Morgan fingerprint density at radius 1 is 0.727 bits per heavy atom. The molecule has 22 heavy (non-hydrogen) atoms. The first-order chi connectivity index (χ1) is 10.9. The number of unbranched alkanes of at least 4 members (excludes halogenated alkanes) is 3. The van der Waals surface area contributed by atoms with Gasteiger partial charge in [0.2, 0.25) is 0 Å². The van der Waals surface area contributed by atoms with E-state index in [9.17, 15) is 0 Å². The van der Waals surface area contributed by atoms with Gasteiger partial charge >= 0.3 is 0 Å². The number of allylic oxidation sites excluding steroid dienone is 2. The van der Waals surface area contributed by atoms with E-state index in [1.165, 1.54) is 43.2 Å². The lowest BCUT2D eigenvalue weighted by molar-refractivity contribution is 0.714. The highest BCUT2D eigenvalue weighted by Gasteiger charge is 2.12. The van der Waals surface area contributed by atoms with E-state index in [4.69, 9.17) is 0 Å². The average Bonchev–Trinajstić information content (AvgIpc) is 2.59. The van der Waals surface area contributed by atoms with Crippen LogP contribution in [-0.2, 0) is 0 Å². The van der Waals surface area contributed by atoms with Gasteiger partial charge in [-0.3, -0.25) is 0 Å². The summed E-state index contributed by atoms with van der Waals surface area (Å²) in [7, 11) is 0. The van der Waals surface area contributed by atoms with Gasteiger partial charge in [-0.1, -0.05) is 92.6 Å². The van der Waals surface area contributed by atoms with Crippen LogP contribution in [-0.4, -0.2) is 0 Å². The molecule has 0 fully saturated rings. The molecule has 0 nitrogen and oxygen atoms in total. The minimum atomic E-state index is 0.502. The Morgan fingerprint density at radius 3 is 1.82 bits per heavy atom. The smallest absolute Gasteiger partial charge is 0.00922 e. The molecular formula is C22H28. The molecule has 0 aliphatic carbocycles. The molecule has 0 heterocycles. The van der Waals surface area contributed by atoms with Crippen LogP contribution in [0.25, 0.3) is 0 Å². The van der Waals surface area contributed by atoms with Crippen molar-refractivity contribution in [2.45, 2.75) is 51.4 Å². The maximum atomic E-state index is 2.37. The third-order valence-corrected chi connectivity index (χ3v) is 4.17. The summed E-state index contributed by atoms with van der Waals surface area (Å²) >= 11 is 0. The van der Waals surface area contributed by atoms with Crippen molar-refractivity contribution in [1.82, 2.24) is 0 Å². The van der Waals surface area contributed by atoms with E-state index in [0.717, 1.165) is 6.42 Å². The Kier molecular flexibility index (Phi) is 7.52. The van der Waals surface area contributed by atoms with E-state index in [-0.39, 0.29) is 0 Å². The zero-order valence-electron chi connectivity index (χ0n) is 13.7. The van der Waals surface area contributed by atoms with Gasteiger partial charge in [0.15, 0.2) is 0 Å². The fraction of sp³-hybridized carbons (Fsp3) is 0.364. The van der Waals surface area contributed by atoms with Gasteiger partial charge in [-0.25, -0.2) is 0 Å². The number of benzene rings is 2. The minimum absolute atomic E-state index is 0.502. The summed E-state index contributed by atoms with van der Waals surface area (Å²) in [5.74, 6) is 0.502. The average molecular weight is 292 g/mol. The normalized spacial score (nSPS) is 11.4. The molecule has 0 spiro atoms. The van der Waals surface area contributed by atoms with Crippen LogP contribution in [0, 0.1) is 0 Å². The van der Waals surface area contributed by atoms with E-state index in [0.29, 0.717) is 5.92 Å². The van der Waals surface area contributed by atoms with Gasteiger partial charge < -0.3 is 0 Å². The van der Waals surface area contributed by atoms with Crippen LogP contribution < -0.4 is 0 Å². The highest BCUT2D eigenvalue weighted by Crippen LogP contribution is 2.29. The van der Waals surface area contributed by atoms with Crippen LogP contribution in [0.5, 0.6) is 0 Å². The van der Waals surface area contributed by atoms with E-state index < -0.39 is 0 Å². The maximum absolute atomic E-state index is 2.37. The Morgan fingerprint density at radius 2 is 1.27 bits per heavy atom. The molecule has 0 amide bonds. The van der Waals surface area contributed by atoms with E-state index in [2.05, 4.69) is 79.7 Å². The Labute approximate surface area is 135 Å². The molecule has 2 aromatic rings. The van der Waals surface area contributed by atoms with Gasteiger partial charge in [-0.15, -0.1) is 0 Å². The first-order valence-electron chi connectivity index (χ1n) is 8.66. The van der Waals surface area contributed by atoms with Crippen LogP contribution in [0.2, 0.25) is 0 Å². The summed E-state index contributed by atoms with van der Waals surface area (Å²) in [6.07, 6.45) is 12.3. The van der Waals surface area contributed by atoms with Crippen molar-refractivity contribution in [1.29, 1.82) is 0 Å². The van der Waals surface area contributed by atoms with Crippen LogP contribution in [0.15, 0.2) is 72.8 Å². The molecule has 0 saturated carbocycles. The van der Waals surface area contributed by atoms with E-state index in [1.807, 2.05) is 0 Å². The second kappa shape index (κ2) is 10.00. The van der Waals surface area contributed by atoms with Gasteiger partial charge in [0, 0.05) is 5.92 Å². The first kappa shape index (κ1) is 16.5. The molecule has 0 bridgehead atoms. The van der Waals surface area contributed by atoms with Crippen molar-refractivity contribution in [2.24, 2.45) is 0 Å². The minimum Gasteiger partial charge on any atom is -0.0885 e. The second-order valence-corrected chi connectivity index (χ2v) is 5.92. The predicted molar refractivity (Wildman–Crippen MR) is 97.2 cm³/mol. The summed E-state index contributed by atoms with van der Waals surface area (Å²) in [6, 6.07) is 21.8. The van der Waals surface area contributed by atoms with Crippen molar-refractivity contribution in [3.8, 4) is 0 Å². The molecule has 116 valence electrons. The monoisotopic (exact) mass is 292 g/mol. The van der Waals surface area contributed by atoms with Gasteiger partial charge in [0.1, 0.15) is 0 Å². The Balaban J connectivity index is 1.95. The van der Waals surface area contributed by atoms with Gasteiger partial charge in [-0.2, -0.15) is 0 Å². The van der Waals surface area contributed by atoms with E-state index >= 15 is 0 Å². The third-order valence-electron chi connectivity index (χ3n) is 4.17. The molecule has 0 aliphatic heterocycles. The summed E-state index contributed by atoms with van der Waals surface area (Å²) in [6.45, 7) is 2.26. The van der Waals surface area contributed by atoms with Crippen molar-refractivity contribution >= 4 is 0 Å². The highest BCUT2D eigenvalue weighted by molar-refractivity contribution is 5.32. The van der Waals surface area contributed by atoms with Crippen molar-refractivity contribution in [3.05, 3.63) is 83.9 Å².